The van der Waals surface area contributed by atoms with Gasteiger partial charge in [-0.2, -0.15) is 0 Å². The summed E-state index contributed by atoms with van der Waals surface area (Å²) in [7, 11) is 2.18. The SMILES string of the molecule is CN(Cc1ccccc1)C1CCCN(C(=O)CCCc2cccs2)C1. The van der Waals surface area contributed by atoms with Crippen molar-refractivity contribution in [1.29, 1.82) is 0 Å². The van der Waals surface area contributed by atoms with Crippen LogP contribution in [0.25, 0.3) is 0 Å². The molecule has 25 heavy (non-hydrogen) atoms. The van der Waals surface area contributed by atoms with Crippen LogP contribution in [0.15, 0.2) is 47.8 Å². The fourth-order valence-electron chi connectivity index (χ4n) is 3.57. The van der Waals surface area contributed by atoms with Crippen LogP contribution < -0.4 is 0 Å². The molecular weight excluding hydrogens is 328 g/mol. The summed E-state index contributed by atoms with van der Waals surface area (Å²) >= 11 is 1.78. The van der Waals surface area contributed by atoms with Gasteiger partial charge in [-0.05, 0) is 49.7 Å². The smallest absolute Gasteiger partial charge is 0.222 e. The maximum atomic E-state index is 12.6. The number of carbonyl (C=O) groups is 1. The van der Waals surface area contributed by atoms with Crippen LogP contribution in [0.4, 0.5) is 0 Å². The second kappa shape index (κ2) is 9.16. The number of carbonyl (C=O) groups excluding carboxylic acids is 1. The summed E-state index contributed by atoms with van der Waals surface area (Å²) in [5.74, 6) is 0.328. The second-order valence-corrected chi connectivity index (χ2v) is 8.00. The fourth-order valence-corrected chi connectivity index (χ4v) is 4.32. The van der Waals surface area contributed by atoms with Gasteiger partial charge in [0.05, 0.1) is 0 Å². The first-order valence-electron chi connectivity index (χ1n) is 9.26. The number of rotatable bonds is 7. The molecule has 4 heteroatoms. The Morgan fingerprint density at radius 1 is 1.24 bits per heavy atom. The highest BCUT2D eigenvalue weighted by atomic mass is 32.1. The van der Waals surface area contributed by atoms with Crippen molar-refractivity contribution >= 4 is 17.2 Å². The molecule has 1 aromatic heterocycles. The minimum Gasteiger partial charge on any atom is -0.341 e. The van der Waals surface area contributed by atoms with Gasteiger partial charge in [0.15, 0.2) is 0 Å². The van der Waals surface area contributed by atoms with Crippen molar-refractivity contribution < 1.29 is 4.79 Å². The number of likely N-dealkylation sites (tertiary alicyclic amines) is 1. The lowest BCUT2D eigenvalue weighted by Gasteiger charge is -2.37. The van der Waals surface area contributed by atoms with Crippen LogP contribution in [0.3, 0.4) is 0 Å². The highest BCUT2D eigenvalue weighted by molar-refractivity contribution is 7.09. The second-order valence-electron chi connectivity index (χ2n) is 6.97. The summed E-state index contributed by atoms with van der Waals surface area (Å²) in [6.07, 6.45) is 4.95. The average Bonchev–Trinajstić information content (AvgIpc) is 3.16. The number of hydrogen-bond donors (Lipinski definition) is 0. The van der Waals surface area contributed by atoms with Crippen LogP contribution in [-0.4, -0.2) is 41.9 Å². The molecule has 1 aliphatic rings. The lowest BCUT2D eigenvalue weighted by Crippen LogP contribution is -2.48. The lowest BCUT2D eigenvalue weighted by molar-refractivity contribution is -0.133. The van der Waals surface area contributed by atoms with Crippen molar-refractivity contribution in [2.24, 2.45) is 0 Å². The average molecular weight is 357 g/mol. The number of aryl methyl sites for hydroxylation is 1. The molecule has 0 N–H and O–H groups in total. The van der Waals surface area contributed by atoms with Crippen molar-refractivity contribution in [2.75, 3.05) is 20.1 Å². The van der Waals surface area contributed by atoms with Gasteiger partial charge in [0.1, 0.15) is 0 Å². The highest BCUT2D eigenvalue weighted by Crippen LogP contribution is 2.19. The molecule has 2 aromatic rings. The third-order valence-electron chi connectivity index (χ3n) is 5.04. The monoisotopic (exact) mass is 356 g/mol. The molecule has 1 unspecified atom stereocenters. The molecule has 1 aromatic carbocycles. The van der Waals surface area contributed by atoms with Crippen molar-refractivity contribution in [3.05, 3.63) is 58.3 Å². The molecule has 1 aliphatic heterocycles. The van der Waals surface area contributed by atoms with E-state index in [1.54, 1.807) is 11.3 Å². The van der Waals surface area contributed by atoms with E-state index in [2.05, 4.69) is 64.7 Å². The Hall–Kier alpha value is -1.65. The molecule has 1 fully saturated rings. The van der Waals surface area contributed by atoms with E-state index < -0.39 is 0 Å². The normalized spacial score (nSPS) is 17.8. The summed E-state index contributed by atoms with van der Waals surface area (Å²) in [5.41, 5.74) is 1.34. The van der Waals surface area contributed by atoms with Crippen LogP contribution in [0.1, 0.15) is 36.1 Å². The molecule has 0 spiro atoms. The third kappa shape index (κ3) is 5.41. The number of benzene rings is 1. The van der Waals surface area contributed by atoms with Gasteiger partial charge >= 0.3 is 0 Å². The zero-order valence-electron chi connectivity index (χ0n) is 15.1. The first-order valence-corrected chi connectivity index (χ1v) is 10.1. The van der Waals surface area contributed by atoms with E-state index in [9.17, 15) is 4.79 Å². The summed E-state index contributed by atoms with van der Waals surface area (Å²) < 4.78 is 0. The van der Waals surface area contributed by atoms with Crippen LogP contribution in [0, 0.1) is 0 Å². The van der Waals surface area contributed by atoms with Crippen molar-refractivity contribution in [3.63, 3.8) is 0 Å². The van der Waals surface area contributed by atoms with E-state index in [4.69, 9.17) is 0 Å². The van der Waals surface area contributed by atoms with Gasteiger partial charge in [-0.1, -0.05) is 36.4 Å². The Labute approximate surface area is 155 Å². The Morgan fingerprint density at radius 2 is 2.08 bits per heavy atom. The maximum Gasteiger partial charge on any atom is 0.222 e. The highest BCUT2D eigenvalue weighted by Gasteiger charge is 2.25. The Bertz CT molecular complexity index is 641. The van der Waals surface area contributed by atoms with Crippen molar-refractivity contribution in [2.45, 2.75) is 44.7 Å². The van der Waals surface area contributed by atoms with Gasteiger partial charge in [-0.25, -0.2) is 0 Å². The molecule has 134 valence electrons. The topological polar surface area (TPSA) is 23.6 Å². The zero-order valence-corrected chi connectivity index (χ0v) is 15.9. The number of hydrogen-bond acceptors (Lipinski definition) is 3. The molecule has 1 atom stereocenters. The van der Waals surface area contributed by atoms with Gasteiger partial charge in [-0.3, -0.25) is 9.69 Å². The van der Waals surface area contributed by atoms with Gasteiger partial charge < -0.3 is 4.90 Å². The number of likely N-dealkylation sites (N-methyl/N-ethyl adjacent to an activating group) is 1. The molecule has 0 bridgehead atoms. The molecule has 0 saturated carbocycles. The maximum absolute atomic E-state index is 12.6. The predicted octanol–water partition coefficient (Wildman–Crippen LogP) is 4.19. The fraction of sp³-hybridized carbons (Fsp3) is 0.476. The third-order valence-corrected chi connectivity index (χ3v) is 5.98. The largest absolute Gasteiger partial charge is 0.341 e. The van der Waals surface area contributed by atoms with E-state index in [0.717, 1.165) is 38.9 Å². The summed E-state index contributed by atoms with van der Waals surface area (Å²) in [6, 6.07) is 15.3. The Morgan fingerprint density at radius 3 is 2.84 bits per heavy atom. The van der Waals surface area contributed by atoms with Crippen LogP contribution in [0.5, 0.6) is 0 Å². The summed E-state index contributed by atoms with van der Waals surface area (Å²) in [6.45, 7) is 2.75. The van der Waals surface area contributed by atoms with Crippen molar-refractivity contribution in [1.82, 2.24) is 9.80 Å². The van der Waals surface area contributed by atoms with E-state index in [1.165, 1.54) is 16.9 Å². The minimum absolute atomic E-state index is 0.328. The Balaban J connectivity index is 1.45. The first-order chi connectivity index (χ1) is 12.2. The van der Waals surface area contributed by atoms with E-state index in [0.29, 0.717) is 18.4 Å². The first kappa shape index (κ1) is 18.2. The summed E-state index contributed by atoms with van der Waals surface area (Å²) in [4.78, 5) is 18.4. The van der Waals surface area contributed by atoms with Gasteiger partial charge in [-0.15, -0.1) is 11.3 Å². The summed E-state index contributed by atoms with van der Waals surface area (Å²) in [5, 5.41) is 2.11. The van der Waals surface area contributed by atoms with Gasteiger partial charge in [0.2, 0.25) is 5.91 Å². The molecule has 0 aliphatic carbocycles. The van der Waals surface area contributed by atoms with E-state index in [-0.39, 0.29) is 0 Å². The molecule has 1 saturated heterocycles. The van der Waals surface area contributed by atoms with Crippen LogP contribution >= 0.6 is 11.3 Å². The quantitative estimate of drug-likeness (QED) is 0.742. The molecule has 3 rings (SSSR count). The molecular formula is C21H28N2OS. The Kier molecular flexibility index (Phi) is 6.65. The molecule has 0 radical (unpaired) electrons. The number of amides is 1. The number of piperidine rings is 1. The zero-order chi connectivity index (χ0) is 17.5. The van der Waals surface area contributed by atoms with E-state index in [1.807, 2.05) is 0 Å². The van der Waals surface area contributed by atoms with Crippen LogP contribution in [0.2, 0.25) is 0 Å². The van der Waals surface area contributed by atoms with Crippen LogP contribution in [-0.2, 0) is 17.8 Å². The number of nitrogens with zero attached hydrogens (tertiary/aromatic N) is 2. The number of thiophene rings is 1. The lowest BCUT2D eigenvalue weighted by atomic mass is 10.0. The molecule has 1 amide bonds. The molecule has 3 nitrogen and oxygen atoms in total. The predicted molar refractivity (Wildman–Crippen MR) is 105 cm³/mol. The standard InChI is InChI=1S/C21H28N2OS/c1-22(16-18-8-3-2-4-9-18)19-10-6-14-23(17-19)21(24)13-5-11-20-12-7-15-25-20/h2-4,7-9,12,15,19H,5-6,10-11,13-14,16-17H2,1H3. The van der Waals surface area contributed by atoms with Gasteiger partial charge in [0.25, 0.3) is 0 Å². The molecule has 2 heterocycles. The van der Waals surface area contributed by atoms with E-state index >= 15 is 0 Å². The van der Waals surface area contributed by atoms with Crippen molar-refractivity contribution in [3.8, 4) is 0 Å². The minimum atomic E-state index is 0.328. The van der Waals surface area contributed by atoms with Gasteiger partial charge in [0, 0.05) is 37.0 Å².